The molecule has 0 saturated heterocycles. The van der Waals surface area contributed by atoms with Gasteiger partial charge in [-0.05, 0) is 54.7 Å². The van der Waals surface area contributed by atoms with Crippen molar-refractivity contribution in [2.24, 2.45) is 0 Å². The third-order valence-electron chi connectivity index (χ3n) is 3.34. The number of benzene rings is 1. The minimum absolute atomic E-state index is 0.500. The van der Waals surface area contributed by atoms with Gasteiger partial charge in [-0.2, -0.15) is 0 Å². The van der Waals surface area contributed by atoms with Crippen LogP contribution in [0, 0.1) is 0 Å². The number of aromatic nitrogens is 1. The van der Waals surface area contributed by atoms with Crippen LogP contribution in [0.1, 0.15) is 23.2 Å². The molecule has 1 atom stereocenters. The molecule has 1 aromatic heterocycles. The summed E-state index contributed by atoms with van der Waals surface area (Å²) >= 11 is 0. The first-order valence-corrected chi connectivity index (χ1v) is 7.55. The molecular formula is C15H15NOS. The molecule has 0 spiro atoms. The molecule has 18 heavy (non-hydrogen) atoms. The second-order valence-corrected chi connectivity index (χ2v) is 6.05. The summed E-state index contributed by atoms with van der Waals surface area (Å²) < 4.78 is 12.3. The van der Waals surface area contributed by atoms with Gasteiger partial charge in [0, 0.05) is 11.1 Å². The van der Waals surface area contributed by atoms with Crippen LogP contribution in [0.25, 0.3) is 0 Å². The Morgan fingerprint density at radius 1 is 1.11 bits per heavy atom. The highest BCUT2D eigenvalue weighted by Crippen LogP contribution is 2.24. The fraction of sp³-hybridized carbons (Fsp3) is 0.267. The van der Waals surface area contributed by atoms with E-state index in [1.165, 1.54) is 24.0 Å². The molecule has 3 rings (SSSR count). The molecule has 1 aromatic carbocycles. The van der Waals surface area contributed by atoms with Crippen molar-refractivity contribution >= 4 is 10.8 Å². The van der Waals surface area contributed by atoms with Gasteiger partial charge in [0.1, 0.15) is 0 Å². The third kappa shape index (κ3) is 2.36. The molecular weight excluding hydrogens is 242 g/mol. The normalized spacial score (nSPS) is 15.3. The van der Waals surface area contributed by atoms with Crippen molar-refractivity contribution in [3.05, 3.63) is 59.4 Å². The van der Waals surface area contributed by atoms with Crippen LogP contribution in [0.15, 0.2) is 47.5 Å². The summed E-state index contributed by atoms with van der Waals surface area (Å²) in [7, 11) is -0.989. The van der Waals surface area contributed by atoms with Gasteiger partial charge in [-0.1, -0.05) is 12.1 Å². The predicted molar refractivity (Wildman–Crippen MR) is 72.8 cm³/mol. The fourth-order valence-electron chi connectivity index (χ4n) is 2.39. The summed E-state index contributed by atoms with van der Waals surface area (Å²) in [6.45, 7) is 0. The van der Waals surface area contributed by atoms with E-state index < -0.39 is 10.8 Å². The quantitative estimate of drug-likeness (QED) is 0.846. The van der Waals surface area contributed by atoms with Gasteiger partial charge in [-0.3, -0.25) is 9.19 Å². The molecule has 0 saturated carbocycles. The minimum atomic E-state index is -0.989. The first-order valence-electron chi connectivity index (χ1n) is 6.23. The van der Waals surface area contributed by atoms with E-state index >= 15 is 0 Å². The van der Waals surface area contributed by atoms with Crippen molar-refractivity contribution in [3.8, 4) is 0 Å². The number of nitrogens with zero attached hydrogens (tertiary/aromatic N) is 1. The number of rotatable bonds is 3. The van der Waals surface area contributed by atoms with Gasteiger partial charge >= 0.3 is 0 Å². The second-order valence-electron chi connectivity index (χ2n) is 4.60. The van der Waals surface area contributed by atoms with Crippen LogP contribution in [0.3, 0.4) is 0 Å². The number of hydrogen-bond acceptors (Lipinski definition) is 2. The predicted octanol–water partition coefficient (Wildman–Crippen LogP) is 2.88. The first-order chi connectivity index (χ1) is 8.83. The van der Waals surface area contributed by atoms with E-state index in [9.17, 15) is 4.21 Å². The van der Waals surface area contributed by atoms with Crippen molar-refractivity contribution in [1.82, 2.24) is 4.98 Å². The Morgan fingerprint density at radius 2 is 2.00 bits per heavy atom. The molecule has 0 unspecified atom stereocenters. The molecule has 1 aliphatic carbocycles. The van der Waals surface area contributed by atoms with Gasteiger partial charge in [0.2, 0.25) is 0 Å². The lowest BCUT2D eigenvalue weighted by Gasteiger charge is -2.05. The van der Waals surface area contributed by atoms with Crippen LogP contribution in [0.2, 0.25) is 0 Å². The Labute approximate surface area is 110 Å². The van der Waals surface area contributed by atoms with Gasteiger partial charge in [-0.15, -0.1) is 0 Å². The monoisotopic (exact) mass is 257 g/mol. The summed E-state index contributed by atoms with van der Waals surface area (Å²) in [6, 6.07) is 12.0. The average molecular weight is 257 g/mol. The van der Waals surface area contributed by atoms with E-state index in [1.54, 1.807) is 6.20 Å². The van der Waals surface area contributed by atoms with E-state index in [-0.39, 0.29) is 0 Å². The van der Waals surface area contributed by atoms with E-state index in [2.05, 4.69) is 17.1 Å². The van der Waals surface area contributed by atoms with Crippen LogP contribution in [-0.4, -0.2) is 9.19 Å². The van der Waals surface area contributed by atoms with Crippen molar-refractivity contribution in [2.45, 2.75) is 29.9 Å². The zero-order valence-electron chi connectivity index (χ0n) is 10.1. The lowest BCUT2D eigenvalue weighted by molar-refractivity contribution is 0.682. The second kappa shape index (κ2) is 5.02. The van der Waals surface area contributed by atoms with Gasteiger partial charge in [0.05, 0.1) is 22.2 Å². The van der Waals surface area contributed by atoms with Crippen molar-refractivity contribution in [3.63, 3.8) is 0 Å². The lowest BCUT2D eigenvalue weighted by atomic mass is 10.1. The molecule has 0 bridgehead atoms. The molecule has 0 N–H and O–H groups in total. The Morgan fingerprint density at radius 3 is 2.83 bits per heavy atom. The number of fused-ring (bicyclic) bond motifs is 1. The maximum atomic E-state index is 12.3. The minimum Gasteiger partial charge on any atom is -0.260 e. The van der Waals surface area contributed by atoms with Crippen LogP contribution < -0.4 is 0 Å². The SMILES string of the molecule is O=[S@](Cc1ccccn1)c1ccc2c(c1)CCC2. The molecule has 92 valence electrons. The molecule has 0 aliphatic heterocycles. The Hall–Kier alpha value is -1.48. The lowest BCUT2D eigenvalue weighted by Crippen LogP contribution is -1.99. The molecule has 1 aliphatic rings. The van der Waals surface area contributed by atoms with Gasteiger partial charge in [-0.25, -0.2) is 0 Å². The largest absolute Gasteiger partial charge is 0.260 e. The fourth-order valence-corrected chi connectivity index (χ4v) is 3.49. The topological polar surface area (TPSA) is 30.0 Å². The third-order valence-corrected chi connectivity index (χ3v) is 4.68. The van der Waals surface area contributed by atoms with Crippen LogP contribution >= 0.6 is 0 Å². The van der Waals surface area contributed by atoms with Crippen molar-refractivity contribution in [2.75, 3.05) is 0 Å². The highest BCUT2D eigenvalue weighted by molar-refractivity contribution is 7.84. The van der Waals surface area contributed by atoms with Crippen molar-refractivity contribution in [1.29, 1.82) is 0 Å². The number of hydrogen-bond donors (Lipinski definition) is 0. The molecule has 0 amide bonds. The van der Waals surface area contributed by atoms with Gasteiger partial charge in [0.25, 0.3) is 0 Å². The van der Waals surface area contributed by atoms with Gasteiger partial charge < -0.3 is 0 Å². The smallest absolute Gasteiger partial charge is 0.0705 e. The molecule has 2 aromatic rings. The van der Waals surface area contributed by atoms with Crippen LogP contribution in [0.4, 0.5) is 0 Å². The Balaban J connectivity index is 1.81. The zero-order valence-corrected chi connectivity index (χ0v) is 11.0. The number of pyridine rings is 1. The molecule has 1 heterocycles. The average Bonchev–Trinajstić information content (AvgIpc) is 2.87. The zero-order chi connectivity index (χ0) is 12.4. The molecule has 0 fully saturated rings. The summed E-state index contributed by atoms with van der Waals surface area (Å²) in [6.07, 6.45) is 5.27. The summed E-state index contributed by atoms with van der Waals surface area (Å²) in [5, 5.41) is 0. The summed E-state index contributed by atoms with van der Waals surface area (Å²) in [5.74, 6) is 0.500. The maximum Gasteiger partial charge on any atom is 0.0705 e. The summed E-state index contributed by atoms with van der Waals surface area (Å²) in [4.78, 5) is 5.16. The molecule has 0 radical (unpaired) electrons. The van der Waals surface area contributed by atoms with Crippen LogP contribution in [-0.2, 0) is 29.4 Å². The van der Waals surface area contributed by atoms with Crippen molar-refractivity contribution < 1.29 is 4.21 Å². The van der Waals surface area contributed by atoms with Gasteiger partial charge in [0.15, 0.2) is 0 Å². The standard InChI is InChI=1S/C15H15NOS/c17-18(11-14-6-1-2-9-16-14)15-8-7-12-4-3-5-13(12)10-15/h1-2,6-10H,3-5,11H2/t18-/m1/s1. The van der Waals surface area contributed by atoms with E-state index in [4.69, 9.17) is 0 Å². The van der Waals surface area contributed by atoms with E-state index in [0.29, 0.717) is 5.75 Å². The Bertz CT molecular complexity index is 580. The highest BCUT2D eigenvalue weighted by Gasteiger charge is 2.13. The molecule has 3 heteroatoms. The molecule has 2 nitrogen and oxygen atoms in total. The maximum absolute atomic E-state index is 12.3. The van der Waals surface area contributed by atoms with Crippen LogP contribution in [0.5, 0.6) is 0 Å². The van der Waals surface area contributed by atoms with E-state index in [1.807, 2.05) is 24.3 Å². The van der Waals surface area contributed by atoms with E-state index in [0.717, 1.165) is 17.0 Å². The Kier molecular flexibility index (Phi) is 3.24. The first kappa shape index (κ1) is 11.6. The highest BCUT2D eigenvalue weighted by atomic mass is 32.2. The summed E-state index contributed by atoms with van der Waals surface area (Å²) in [5.41, 5.74) is 3.69. The number of aryl methyl sites for hydroxylation is 2.